The Bertz CT molecular complexity index is 1620. The van der Waals surface area contributed by atoms with E-state index < -0.39 is 0 Å². The number of fused-ring (bicyclic) bond motifs is 4. The van der Waals surface area contributed by atoms with Crippen molar-refractivity contribution in [3.63, 3.8) is 0 Å². The third-order valence-corrected chi connectivity index (χ3v) is 9.99. The number of hydrogen-bond donors (Lipinski definition) is 1. The van der Waals surface area contributed by atoms with Gasteiger partial charge in [0, 0.05) is 46.1 Å². The first kappa shape index (κ1) is 46.0. The van der Waals surface area contributed by atoms with E-state index in [9.17, 15) is 9.90 Å². The van der Waals surface area contributed by atoms with Gasteiger partial charge in [0.15, 0.2) is 11.9 Å². The number of carbonyl (C=O) groups excluding carboxylic acids is 1. The average molecular weight is 928 g/mol. The number of rotatable bonds is 31. The van der Waals surface area contributed by atoms with Crippen molar-refractivity contribution in [3.8, 4) is 23.0 Å². The predicted octanol–water partition coefficient (Wildman–Crippen LogP) is 4.63. The van der Waals surface area contributed by atoms with Gasteiger partial charge in [0.2, 0.25) is 0 Å². The molecule has 322 valence electrons. The molecule has 3 heterocycles. The number of alkyl halides is 1. The quantitative estimate of drug-likeness (QED) is 0.0483. The maximum Gasteiger partial charge on any atom is 0.173 e. The van der Waals surface area contributed by atoms with Gasteiger partial charge in [0.25, 0.3) is 0 Å². The van der Waals surface area contributed by atoms with Gasteiger partial charge in [-0.25, -0.2) is 0 Å². The van der Waals surface area contributed by atoms with Crippen molar-refractivity contribution in [1.82, 2.24) is 0 Å². The number of aliphatic hydroxyl groups is 1. The Balaban J connectivity index is 0.971. The standard InChI is InChI=1S/C42H58INO14/c1-29(2)36-25-34-35(57-36)7-6-32(41-40-33-24-37(47-3)30(26-45)23-38(33)55-28-39(40)58-44-41)42(34)56-27-31(46)5-4-9-48-11-13-50-15-17-52-19-21-54-22-20-53-18-16-51-14-12-49-10-8-43/h6-7,23-24,36,39-40,45H,1,4-5,8-22,25-28H2,2-3H3/t36-,39?,40?/m1/s1. The number of hydrogen-bond acceptors (Lipinski definition) is 15. The Labute approximate surface area is 354 Å². The van der Waals surface area contributed by atoms with Crippen LogP contribution in [0.4, 0.5) is 0 Å². The first-order valence-corrected chi connectivity index (χ1v) is 21.4. The Kier molecular flexibility index (Phi) is 20.2. The SMILES string of the molecule is C=C(C)[C@H]1Cc2c(ccc(C3=NOC4COc5cc(CO)c(OC)cc5C34)c2OCC(=O)CCCOCCOCCOCCOCCOCCOCCOCCI)O1. The minimum Gasteiger partial charge on any atom is -0.496 e. The van der Waals surface area contributed by atoms with E-state index in [1.807, 2.05) is 25.1 Å². The highest BCUT2D eigenvalue weighted by Gasteiger charge is 2.44. The number of oxime groups is 1. The minimum absolute atomic E-state index is 0.0542. The highest BCUT2D eigenvalue weighted by molar-refractivity contribution is 14.1. The maximum atomic E-state index is 13.1. The summed E-state index contributed by atoms with van der Waals surface area (Å²) in [5, 5.41) is 14.4. The van der Waals surface area contributed by atoms with Crippen LogP contribution in [-0.2, 0) is 55.8 Å². The van der Waals surface area contributed by atoms with E-state index in [0.717, 1.165) is 27.7 Å². The molecule has 3 atom stereocenters. The molecule has 1 N–H and O–H groups in total. The molecule has 0 radical (unpaired) electrons. The van der Waals surface area contributed by atoms with Crippen LogP contribution in [0.25, 0.3) is 0 Å². The average Bonchev–Trinajstić information content (AvgIpc) is 3.88. The number of aliphatic hydroxyl groups excluding tert-OH is 1. The summed E-state index contributed by atoms with van der Waals surface area (Å²) in [6.45, 7) is 13.2. The second-order valence-electron chi connectivity index (χ2n) is 13.8. The number of halogens is 1. The third-order valence-electron chi connectivity index (χ3n) is 9.55. The molecular weight excluding hydrogens is 869 g/mol. The van der Waals surface area contributed by atoms with Gasteiger partial charge in [-0.2, -0.15) is 0 Å². The van der Waals surface area contributed by atoms with Crippen LogP contribution in [-0.4, -0.2) is 146 Å². The topological polar surface area (TPSA) is 160 Å². The first-order chi connectivity index (χ1) is 28.4. The van der Waals surface area contributed by atoms with Crippen LogP contribution in [0.5, 0.6) is 23.0 Å². The molecule has 0 aliphatic carbocycles. The number of carbonyl (C=O) groups is 1. The van der Waals surface area contributed by atoms with E-state index in [2.05, 4.69) is 34.3 Å². The van der Waals surface area contributed by atoms with Gasteiger partial charge in [-0.05, 0) is 43.2 Å². The van der Waals surface area contributed by atoms with E-state index in [-0.39, 0.29) is 43.7 Å². The van der Waals surface area contributed by atoms with Crippen molar-refractivity contribution in [2.75, 3.05) is 117 Å². The second-order valence-corrected chi connectivity index (χ2v) is 14.8. The monoisotopic (exact) mass is 927 g/mol. The summed E-state index contributed by atoms with van der Waals surface area (Å²) in [5.74, 6) is 2.07. The molecule has 0 aromatic heterocycles. The first-order valence-electron chi connectivity index (χ1n) is 19.9. The Morgan fingerprint density at radius 1 is 0.862 bits per heavy atom. The van der Waals surface area contributed by atoms with Crippen LogP contribution in [0.3, 0.4) is 0 Å². The summed E-state index contributed by atoms with van der Waals surface area (Å²) in [5.41, 5.74) is 4.58. The fourth-order valence-corrected chi connectivity index (χ4v) is 6.90. The lowest BCUT2D eigenvalue weighted by atomic mass is 9.83. The van der Waals surface area contributed by atoms with E-state index in [1.165, 1.54) is 0 Å². The molecule has 3 aliphatic rings. The largest absolute Gasteiger partial charge is 0.496 e. The van der Waals surface area contributed by atoms with Crippen molar-refractivity contribution in [2.45, 2.75) is 50.9 Å². The van der Waals surface area contributed by atoms with Gasteiger partial charge >= 0.3 is 0 Å². The van der Waals surface area contributed by atoms with E-state index in [4.69, 9.17) is 56.9 Å². The summed E-state index contributed by atoms with van der Waals surface area (Å²) in [6.07, 6.45) is 0.834. The maximum absolute atomic E-state index is 13.1. The number of ether oxygens (including phenoxy) is 11. The second kappa shape index (κ2) is 25.5. The zero-order valence-electron chi connectivity index (χ0n) is 33.7. The van der Waals surface area contributed by atoms with Crippen LogP contribution in [0.1, 0.15) is 47.9 Å². The fourth-order valence-electron chi connectivity index (χ4n) is 6.59. The van der Waals surface area contributed by atoms with Gasteiger partial charge < -0.3 is 62.0 Å². The normalized spacial score (nSPS) is 17.7. The van der Waals surface area contributed by atoms with Crippen LogP contribution in [0.15, 0.2) is 41.6 Å². The molecule has 0 fully saturated rings. The van der Waals surface area contributed by atoms with Crippen molar-refractivity contribution in [1.29, 1.82) is 0 Å². The van der Waals surface area contributed by atoms with Crippen LogP contribution >= 0.6 is 22.6 Å². The van der Waals surface area contributed by atoms with E-state index >= 15 is 0 Å². The van der Waals surface area contributed by atoms with Gasteiger partial charge in [-0.3, -0.25) is 4.79 Å². The number of methoxy groups -OCH3 is 1. The summed E-state index contributed by atoms with van der Waals surface area (Å²) in [4.78, 5) is 19.0. The molecule has 0 saturated heterocycles. The number of ketones is 1. The Morgan fingerprint density at radius 2 is 1.47 bits per heavy atom. The zero-order chi connectivity index (χ0) is 41.0. The van der Waals surface area contributed by atoms with E-state index in [0.29, 0.717) is 145 Å². The summed E-state index contributed by atoms with van der Waals surface area (Å²) >= 11 is 2.27. The predicted molar refractivity (Wildman–Crippen MR) is 222 cm³/mol. The fraction of sp³-hybridized carbons (Fsp3) is 0.619. The van der Waals surface area contributed by atoms with Crippen molar-refractivity contribution < 1.29 is 66.8 Å². The summed E-state index contributed by atoms with van der Waals surface area (Å²) < 4.78 is 63.6. The summed E-state index contributed by atoms with van der Waals surface area (Å²) in [6, 6.07) is 7.47. The molecule has 0 bridgehead atoms. The van der Waals surface area contributed by atoms with E-state index in [1.54, 1.807) is 13.2 Å². The molecule has 16 heteroatoms. The summed E-state index contributed by atoms with van der Waals surface area (Å²) in [7, 11) is 1.56. The van der Waals surface area contributed by atoms with Gasteiger partial charge in [-0.15, -0.1) is 0 Å². The molecular formula is C42H58INO14. The number of nitrogens with zero attached hydrogens (tertiary/aromatic N) is 1. The lowest BCUT2D eigenvalue weighted by Gasteiger charge is -2.29. The van der Waals surface area contributed by atoms with Gasteiger partial charge in [0.1, 0.15) is 48.0 Å². The Morgan fingerprint density at radius 3 is 2.03 bits per heavy atom. The molecule has 0 spiro atoms. The smallest absolute Gasteiger partial charge is 0.173 e. The molecule has 3 aliphatic heterocycles. The highest BCUT2D eigenvalue weighted by atomic mass is 127. The molecule has 15 nitrogen and oxygen atoms in total. The Hall–Kier alpha value is -3.07. The molecule has 2 aromatic rings. The van der Waals surface area contributed by atoms with Crippen molar-refractivity contribution in [3.05, 3.63) is 58.7 Å². The van der Waals surface area contributed by atoms with Crippen molar-refractivity contribution >= 4 is 34.1 Å². The van der Waals surface area contributed by atoms with Crippen LogP contribution < -0.4 is 18.9 Å². The lowest BCUT2D eigenvalue weighted by molar-refractivity contribution is -0.121. The molecule has 5 rings (SSSR count). The molecule has 0 amide bonds. The lowest BCUT2D eigenvalue weighted by Crippen LogP contribution is -2.33. The number of benzene rings is 2. The highest BCUT2D eigenvalue weighted by Crippen LogP contribution is 2.47. The van der Waals surface area contributed by atoms with Crippen LogP contribution in [0.2, 0.25) is 0 Å². The van der Waals surface area contributed by atoms with Gasteiger partial charge in [-0.1, -0.05) is 34.3 Å². The third kappa shape index (κ3) is 13.7. The minimum atomic E-state index is -0.368. The number of Topliss-reactive ketones (excluding diaryl/α,β-unsaturated/α-hetero) is 1. The van der Waals surface area contributed by atoms with Crippen molar-refractivity contribution in [2.24, 2.45) is 5.16 Å². The zero-order valence-corrected chi connectivity index (χ0v) is 35.8. The molecule has 58 heavy (non-hydrogen) atoms. The molecule has 2 unspecified atom stereocenters. The molecule has 0 saturated carbocycles. The van der Waals surface area contributed by atoms with Gasteiger partial charge in [0.05, 0.1) is 106 Å². The molecule has 2 aromatic carbocycles. The van der Waals surface area contributed by atoms with Crippen LogP contribution in [0, 0.1) is 0 Å².